The molecule has 0 unspecified atom stereocenters. The van der Waals surface area contributed by atoms with Gasteiger partial charge in [-0.25, -0.2) is 4.68 Å². The van der Waals surface area contributed by atoms with Gasteiger partial charge in [0, 0.05) is 6.17 Å². The van der Waals surface area contributed by atoms with Crippen LogP contribution in [0.3, 0.4) is 0 Å². The Morgan fingerprint density at radius 1 is 1.50 bits per heavy atom. The summed E-state index contributed by atoms with van der Waals surface area (Å²) in [5.41, 5.74) is -0.620. The van der Waals surface area contributed by atoms with E-state index < -0.39 is 24.2 Å². The summed E-state index contributed by atoms with van der Waals surface area (Å²) in [6.45, 7) is 0. The van der Waals surface area contributed by atoms with Crippen LogP contribution in [-0.2, 0) is 0 Å². The van der Waals surface area contributed by atoms with Crippen molar-refractivity contribution in [2.75, 3.05) is 0 Å². The van der Waals surface area contributed by atoms with Crippen LogP contribution < -0.4 is 0 Å². The van der Waals surface area contributed by atoms with Crippen LogP contribution in [0.4, 0.5) is 0 Å². The molecule has 2 rings (SSSR count). The Morgan fingerprint density at radius 2 is 2.36 bits per heavy atom. The third-order valence-electron chi connectivity index (χ3n) is 1.39. The van der Waals surface area contributed by atoms with Gasteiger partial charge in [-0.05, 0) is 40.1 Å². The van der Waals surface area contributed by atoms with Gasteiger partial charge in [0.15, 0.2) is 0 Å². The van der Waals surface area contributed by atoms with Gasteiger partial charge >= 0.3 is 0 Å². The molecule has 14 heavy (non-hydrogen) atoms. The summed E-state index contributed by atoms with van der Waals surface area (Å²) in [4.78, 5) is 0. The molecule has 0 bridgehead atoms. The normalized spacial score (nSPS) is 15.7. The highest BCUT2D eigenvalue weighted by atomic mass is 79.9. The highest BCUT2D eigenvalue weighted by Crippen LogP contribution is 2.12. The van der Waals surface area contributed by atoms with E-state index in [1.165, 1.54) is 0 Å². The monoisotopic (exact) mass is 253 g/mol. The fourth-order valence-electron chi connectivity index (χ4n) is 0.838. The van der Waals surface area contributed by atoms with Crippen molar-refractivity contribution in [2.24, 2.45) is 0 Å². The van der Waals surface area contributed by atoms with E-state index in [0.717, 1.165) is 4.68 Å². The second-order valence-electron chi connectivity index (χ2n) is 2.27. The molecule has 0 aliphatic rings. The van der Waals surface area contributed by atoms with Crippen LogP contribution in [0, 0.1) is 11.3 Å². The maximum absolute atomic E-state index is 8.96. The molecule has 0 saturated carbocycles. The van der Waals surface area contributed by atoms with Crippen LogP contribution in [0.5, 0.6) is 0 Å². The summed E-state index contributed by atoms with van der Waals surface area (Å²) in [6.07, 6.45) is -0.375. The van der Waals surface area contributed by atoms with Gasteiger partial charge in [0.2, 0.25) is 0 Å². The third-order valence-corrected chi connectivity index (χ3v) is 1.75. The molecule has 1 aromatic carbocycles. The Bertz CT molecular complexity index is 764. The molecule has 0 amide bonds. The molecule has 0 radical (unpaired) electrons. The van der Waals surface area contributed by atoms with Crippen molar-refractivity contribution in [3.8, 4) is 11.8 Å². The number of benzene rings is 1. The number of hydrogen-bond donors (Lipinski definition) is 0. The molecule has 3 nitrogen and oxygen atoms in total. The minimum Gasteiger partial charge on any atom is -0.240 e. The maximum Gasteiger partial charge on any atom is 0.128 e. The zero-order valence-electron chi connectivity index (χ0n) is 12.7. The van der Waals surface area contributed by atoms with Gasteiger partial charge < -0.3 is 0 Å². The first-order valence-electron chi connectivity index (χ1n) is 6.53. The van der Waals surface area contributed by atoms with Crippen molar-refractivity contribution in [2.45, 2.75) is 0 Å². The van der Waals surface area contributed by atoms with E-state index in [1.807, 2.05) is 0 Å². The number of nitrogens with zero attached hydrogens (tertiary/aromatic N) is 3. The van der Waals surface area contributed by atoms with Gasteiger partial charge in [0.25, 0.3) is 0 Å². The highest BCUT2D eigenvalue weighted by molar-refractivity contribution is 9.10. The summed E-state index contributed by atoms with van der Waals surface area (Å²) in [5.74, 6) is 0. The van der Waals surface area contributed by atoms with Gasteiger partial charge in [-0.3, -0.25) is 0 Å². The quantitative estimate of drug-likeness (QED) is 0.784. The minimum absolute atomic E-state index is 0.0567. The smallest absolute Gasteiger partial charge is 0.128 e. The van der Waals surface area contributed by atoms with Gasteiger partial charge in [-0.2, -0.15) is 10.4 Å². The number of nitriles is 1. The maximum atomic E-state index is 8.96. The molecule has 2 aromatic rings. The predicted molar refractivity (Wildman–Crippen MR) is 56.0 cm³/mol. The molecule has 0 spiro atoms. The van der Waals surface area contributed by atoms with E-state index in [4.69, 9.17) is 13.5 Å². The Balaban J connectivity index is 2.92. The first-order valence-corrected chi connectivity index (χ1v) is 4.33. The predicted octanol–water partition coefficient (Wildman–Crippen LogP) is 2.51. The number of halogens is 1. The van der Waals surface area contributed by atoms with Gasteiger partial charge in [0.05, 0.1) is 25.5 Å². The topological polar surface area (TPSA) is 41.6 Å². The molecule has 0 saturated heterocycles. The van der Waals surface area contributed by atoms with E-state index in [9.17, 15) is 0 Å². The fraction of sp³-hybridized carbons (Fsp3) is 0. The first kappa shape index (κ1) is 4.28. The van der Waals surface area contributed by atoms with Crippen molar-refractivity contribution in [3.05, 3.63) is 46.6 Å². The molecule has 0 aliphatic heterocycles. The van der Waals surface area contributed by atoms with Crippen LogP contribution in [0.1, 0.15) is 13.8 Å². The Labute approximate surface area is 98.2 Å². The lowest BCUT2D eigenvalue weighted by atomic mass is 10.2. The van der Waals surface area contributed by atoms with Crippen molar-refractivity contribution < 1.29 is 8.22 Å². The van der Waals surface area contributed by atoms with E-state index in [2.05, 4.69) is 21.0 Å². The SMILES string of the molecule is [2H]c1c([2H])c(C#N)c([2H])c(-n2nc(Br)c([2H])c2[2H])c1[2H]. The summed E-state index contributed by atoms with van der Waals surface area (Å²) in [7, 11) is 0. The molecule has 4 heteroatoms. The van der Waals surface area contributed by atoms with Crippen LogP contribution in [0.15, 0.2) is 41.0 Å². The van der Waals surface area contributed by atoms with Crippen LogP contribution in [0.2, 0.25) is 0 Å². The third kappa shape index (κ3) is 1.68. The second kappa shape index (κ2) is 3.64. The zero-order chi connectivity index (χ0) is 15.2. The van der Waals surface area contributed by atoms with E-state index in [1.54, 1.807) is 6.07 Å². The summed E-state index contributed by atoms with van der Waals surface area (Å²) < 4.78 is 47.1. The minimum atomic E-state index is -0.523. The molecule has 1 heterocycles. The van der Waals surface area contributed by atoms with Crippen molar-refractivity contribution in [3.63, 3.8) is 0 Å². The largest absolute Gasteiger partial charge is 0.240 e. The summed E-state index contributed by atoms with van der Waals surface area (Å²) >= 11 is 2.97. The molecular weight excluding hydrogens is 242 g/mol. The zero-order valence-corrected chi connectivity index (χ0v) is 8.31. The lowest BCUT2D eigenvalue weighted by molar-refractivity contribution is 0.870. The molecule has 0 aliphatic carbocycles. The van der Waals surface area contributed by atoms with Gasteiger partial charge in [-0.15, -0.1) is 0 Å². The van der Waals surface area contributed by atoms with Gasteiger partial charge in [0.1, 0.15) is 4.60 Å². The highest BCUT2D eigenvalue weighted by Gasteiger charge is 1.99. The van der Waals surface area contributed by atoms with Crippen molar-refractivity contribution in [1.29, 1.82) is 5.26 Å². The van der Waals surface area contributed by atoms with Crippen LogP contribution in [0.25, 0.3) is 5.69 Å². The molecule has 0 atom stereocenters. The van der Waals surface area contributed by atoms with Crippen molar-refractivity contribution >= 4 is 15.9 Å². The summed E-state index contributed by atoms with van der Waals surface area (Å²) in [6, 6.07) is -0.557. The van der Waals surface area contributed by atoms with Gasteiger partial charge in [-0.1, -0.05) is 6.04 Å². The Kier molecular flexibility index (Phi) is 1.11. The molecule has 68 valence electrons. The van der Waals surface area contributed by atoms with E-state index in [0.29, 0.717) is 0 Å². The van der Waals surface area contributed by atoms with E-state index in [-0.39, 0.29) is 28.1 Å². The van der Waals surface area contributed by atoms with Crippen molar-refractivity contribution in [1.82, 2.24) is 9.78 Å². The Morgan fingerprint density at radius 3 is 3.00 bits per heavy atom. The number of aromatic nitrogens is 2. The lowest BCUT2D eigenvalue weighted by Crippen LogP contribution is -1.94. The second-order valence-corrected chi connectivity index (χ2v) is 3.03. The average Bonchev–Trinajstić information content (AvgIpc) is 2.65. The van der Waals surface area contributed by atoms with E-state index >= 15 is 0 Å². The van der Waals surface area contributed by atoms with Crippen LogP contribution >= 0.6 is 15.9 Å². The Hall–Kier alpha value is -1.60. The molecule has 0 fully saturated rings. The fourth-order valence-corrected chi connectivity index (χ4v) is 1.09. The number of hydrogen-bond acceptors (Lipinski definition) is 2. The molecule has 1 aromatic heterocycles. The first-order chi connectivity index (χ1) is 9.31. The summed E-state index contributed by atoms with van der Waals surface area (Å²) in [5, 5.41) is 12.8. The molecular formula is C10H6BrN3. The lowest BCUT2D eigenvalue weighted by Gasteiger charge is -2.00. The standard InChI is InChI=1S/C10H6BrN3/c11-10-4-5-14(13-10)9-3-1-2-8(6-9)7-12/h1-6H/i1D,2D,3D,4D,5D,6D. The number of rotatable bonds is 1. The van der Waals surface area contributed by atoms with Crippen LogP contribution in [-0.4, -0.2) is 9.78 Å². The molecule has 0 N–H and O–H groups in total. The average molecular weight is 254 g/mol.